The van der Waals surface area contributed by atoms with Crippen molar-refractivity contribution in [3.05, 3.63) is 29.6 Å². The lowest BCUT2D eigenvalue weighted by Gasteiger charge is -2.29. The second-order valence-corrected chi connectivity index (χ2v) is 7.53. The summed E-state index contributed by atoms with van der Waals surface area (Å²) in [7, 11) is 1.45. The van der Waals surface area contributed by atoms with Gasteiger partial charge in [-0.3, -0.25) is 29.4 Å². The molecule has 2 saturated heterocycles. The van der Waals surface area contributed by atoms with Gasteiger partial charge in [-0.15, -0.1) is 0 Å². The standard InChI is InChI=1S/C19H21FN4O5/c1-29-7-6-24-16(26)14-12(4-5-13(21)25)23-19(15(14)17(24)27)10-8-9(20)2-3-11(10)22-18(19)28/h2-3,8,12,14-15,23H,4-7H2,1H3,(H2,21,25)(H,22,28)/t12-,14-,15+,19-/m1/s1. The zero-order valence-corrected chi connectivity index (χ0v) is 15.7. The second-order valence-electron chi connectivity index (χ2n) is 7.53. The minimum atomic E-state index is -1.58. The molecule has 0 saturated carbocycles. The Labute approximate surface area is 165 Å². The van der Waals surface area contributed by atoms with Gasteiger partial charge in [-0.1, -0.05) is 0 Å². The lowest BCUT2D eigenvalue weighted by molar-refractivity contribution is -0.143. The molecule has 1 aromatic carbocycles. The van der Waals surface area contributed by atoms with Crippen LogP contribution < -0.4 is 16.4 Å². The number of anilines is 1. The number of halogens is 1. The number of rotatable bonds is 6. The van der Waals surface area contributed by atoms with E-state index in [0.717, 1.165) is 4.90 Å². The van der Waals surface area contributed by atoms with Crippen molar-refractivity contribution in [2.75, 3.05) is 25.6 Å². The third-order valence-electron chi connectivity index (χ3n) is 5.99. The van der Waals surface area contributed by atoms with Crippen LogP contribution in [0.4, 0.5) is 10.1 Å². The maximum atomic E-state index is 14.0. The number of benzene rings is 1. The van der Waals surface area contributed by atoms with E-state index < -0.39 is 52.9 Å². The molecule has 29 heavy (non-hydrogen) atoms. The number of likely N-dealkylation sites (tertiary alicyclic amines) is 1. The van der Waals surface area contributed by atoms with Crippen LogP contribution in [0.25, 0.3) is 0 Å². The maximum Gasteiger partial charge on any atom is 0.250 e. The molecule has 3 aliphatic heterocycles. The third kappa shape index (κ3) is 2.74. The SMILES string of the molecule is COCCN1C(=O)[C@H]2[C@@H](C1=O)[C@@]1(N[C@@H]2CCC(N)=O)C(=O)Nc2ccc(F)cc21. The molecule has 1 aromatic rings. The fraction of sp³-hybridized carbons (Fsp3) is 0.474. The van der Waals surface area contributed by atoms with Crippen molar-refractivity contribution in [3.63, 3.8) is 0 Å². The van der Waals surface area contributed by atoms with Crippen LogP contribution in [0.1, 0.15) is 18.4 Å². The molecule has 0 radical (unpaired) electrons. The molecular weight excluding hydrogens is 383 g/mol. The van der Waals surface area contributed by atoms with Gasteiger partial charge in [-0.25, -0.2) is 4.39 Å². The van der Waals surface area contributed by atoms with Gasteiger partial charge in [0.2, 0.25) is 23.6 Å². The van der Waals surface area contributed by atoms with Crippen molar-refractivity contribution in [2.24, 2.45) is 17.6 Å². The zero-order chi connectivity index (χ0) is 20.9. The average Bonchev–Trinajstić information content (AvgIpc) is 3.24. The highest BCUT2D eigenvalue weighted by molar-refractivity contribution is 6.15. The number of hydrogen-bond donors (Lipinski definition) is 3. The number of carbonyl (C=O) groups is 4. The van der Waals surface area contributed by atoms with E-state index in [-0.39, 0.29) is 31.6 Å². The highest BCUT2D eigenvalue weighted by atomic mass is 19.1. The summed E-state index contributed by atoms with van der Waals surface area (Å²) in [5, 5.41) is 5.79. The molecule has 4 amide bonds. The molecule has 0 bridgehead atoms. The number of ether oxygens (including phenoxy) is 1. The lowest BCUT2D eigenvalue weighted by atomic mass is 9.76. The predicted molar refractivity (Wildman–Crippen MR) is 97.6 cm³/mol. The van der Waals surface area contributed by atoms with Crippen molar-refractivity contribution < 1.29 is 28.3 Å². The van der Waals surface area contributed by atoms with E-state index in [1.54, 1.807) is 0 Å². The number of hydrogen-bond acceptors (Lipinski definition) is 6. The number of carbonyl (C=O) groups excluding carboxylic acids is 4. The molecule has 4 atom stereocenters. The first-order valence-electron chi connectivity index (χ1n) is 9.33. The van der Waals surface area contributed by atoms with Crippen LogP contribution >= 0.6 is 0 Å². The van der Waals surface area contributed by atoms with E-state index in [0.29, 0.717) is 5.69 Å². The highest BCUT2D eigenvalue weighted by Gasteiger charge is 2.70. The van der Waals surface area contributed by atoms with Gasteiger partial charge in [-0.2, -0.15) is 0 Å². The molecule has 1 spiro atoms. The summed E-state index contributed by atoms with van der Waals surface area (Å²) in [4.78, 5) is 51.8. The van der Waals surface area contributed by atoms with Gasteiger partial charge in [0.1, 0.15) is 11.4 Å². The number of nitrogens with one attached hydrogen (secondary N) is 2. The number of primary amides is 1. The van der Waals surface area contributed by atoms with E-state index in [1.807, 2.05) is 0 Å². The fourth-order valence-electron chi connectivity index (χ4n) is 4.78. The Balaban J connectivity index is 1.81. The molecule has 0 aliphatic carbocycles. The first-order chi connectivity index (χ1) is 13.8. The average molecular weight is 404 g/mol. The topological polar surface area (TPSA) is 131 Å². The van der Waals surface area contributed by atoms with Crippen molar-refractivity contribution in [1.29, 1.82) is 0 Å². The van der Waals surface area contributed by atoms with Gasteiger partial charge in [-0.05, 0) is 24.6 Å². The van der Waals surface area contributed by atoms with Crippen LogP contribution in [0.15, 0.2) is 18.2 Å². The van der Waals surface area contributed by atoms with Crippen LogP contribution in [-0.2, 0) is 29.5 Å². The quantitative estimate of drug-likeness (QED) is 0.546. The van der Waals surface area contributed by atoms with E-state index in [1.165, 1.54) is 25.3 Å². The largest absolute Gasteiger partial charge is 0.383 e. The first-order valence-corrected chi connectivity index (χ1v) is 9.33. The van der Waals surface area contributed by atoms with Gasteiger partial charge >= 0.3 is 0 Å². The molecule has 4 rings (SSSR count). The molecule has 0 unspecified atom stereocenters. The normalized spacial score (nSPS) is 30.1. The van der Waals surface area contributed by atoms with Crippen LogP contribution in [-0.4, -0.2) is 54.8 Å². The molecule has 4 N–H and O–H groups in total. The third-order valence-corrected chi connectivity index (χ3v) is 5.99. The van der Waals surface area contributed by atoms with E-state index in [9.17, 15) is 23.6 Å². The minimum Gasteiger partial charge on any atom is -0.383 e. The monoisotopic (exact) mass is 404 g/mol. The van der Waals surface area contributed by atoms with Gasteiger partial charge < -0.3 is 15.8 Å². The Morgan fingerprint density at radius 3 is 2.76 bits per heavy atom. The van der Waals surface area contributed by atoms with E-state index in [4.69, 9.17) is 10.5 Å². The number of methoxy groups -OCH3 is 1. The molecule has 10 heteroatoms. The Morgan fingerprint density at radius 1 is 1.31 bits per heavy atom. The second kappa shape index (κ2) is 6.89. The zero-order valence-electron chi connectivity index (χ0n) is 15.7. The van der Waals surface area contributed by atoms with Crippen LogP contribution in [0, 0.1) is 17.7 Å². The van der Waals surface area contributed by atoms with Crippen molar-refractivity contribution in [1.82, 2.24) is 10.2 Å². The molecule has 9 nitrogen and oxygen atoms in total. The summed E-state index contributed by atoms with van der Waals surface area (Å²) < 4.78 is 19.0. The number of amides is 4. The first kappa shape index (κ1) is 19.5. The fourth-order valence-corrected chi connectivity index (χ4v) is 4.78. The predicted octanol–water partition coefficient (Wildman–Crippen LogP) is -0.542. The number of fused-ring (bicyclic) bond motifs is 4. The molecule has 3 heterocycles. The smallest absolute Gasteiger partial charge is 0.250 e. The van der Waals surface area contributed by atoms with Gasteiger partial charge in [0.25, 0.3) is 0 Å². The summed E-state index contributed by atoms with van der Waals surface area (Å²) in [6.45, 7) is 0.206. The summed E-state index contributed by atoms with van der Waals surface area (Å²) in [5.41, 5.74) is 4.34. The Bertz CT molecular complexity index is 922. The Hall–Kier alpha value is -2.85. The summed E-state index contributed by atoms with van der Waals surface area (Å²) in [6.07, 6.45) is 0.154. The summed E-state index contributed by atoms with van der Waals surface area (Å²) in [6, 6.07) is 3.19. The van der Waals surface area contributed by atoms with Crippen molar-refractivity contribution >= 4 is 29.3 Å². The van der Waals surface area contributed by atoms with Gasteiger partial charge in [0.15, 0.2) is 0 Å². The van der Waals surface area contributed by atoms with Gasteiger partial charge in [0, 0.05) is 30.8 Å². The molecule has 3 aliphatic rings. The molecule has 2 fully saturated rings. The molecule has 154 valence electrons. The van der Waals surface area contributed by atoms with Crippen LogP contribution in [0.3, 0.4) is 0 Å². The number of nitrogens with zero attached hydrogens (tertiary/aromatic N) is 1. The van der Waals surface area contributed by atoms with E-state index in [2.05, 4.69) is 10.6 Å². The minimum absolute atomic E-state index is 0.0197. The van der Waals surface area contributed by atoms with Crippen LogP contribution in [0.5, 0.6) is 0 Å². The van der Waals surface area contributed by atoms with Gasteiger partial charge in [0.05, 0.1) is 25.0 Å². The lowest BCUT2D eigenvalue weighted by Crippen LogP contribution is -2.53. The molecule has 0 aromatic heterocycles. The highest BCUT2D eigenvalue weighted by Crippen LogP contribution is 2.53. The summed E-state index contributed by atoms with van der Waals surface area (Å²) >= 11 is 0. The Morgan fingerprint density at radius 2 is 2.07 bits per heavy atom. The van der Waals surface area contributed by atoms with Crippen molar-refractivity contribution in [2.45, 2.75) is 24.4 Å². The summed E-state index contributed by atoms with van der Waals surface area (Å²) in [5.74, 6) is -4.51. The number of imide groups is 1. The van der Waals surface area contributed by atoms with Crippen molar-refractivity contribution in [3.8, 4) is 0 Å². The van der Waals surface area contributed by atoms with E-state index >= 15 is 0 Å². The maximum absolute atomic E-state index is 14.0. The molecular formula is C19H21FN4O5. The Kier molecular flexibility index (Phi) is 4.62. The van der Waals surface area contributed by atoms with Crippen LogP contribution in [0.2, 0.25) is 0 Å². The number of nitrogens with two attached hydrogens (primary N) is 1.